The first kappa shape index (κ1) is 15.8. The highest BCUT2D eigenvalue weighted by molar-refractivity contribution is 5.88. The Morgan fingerprint density at radius 1 is 1.21 bits per heavy atom. The van der Waals surface area contributed by atoms with Gasteiger partial charge in [0.1, 0.15) is 12.6 Å². The number of rotatable bonds is 4. The predicted molar refractivity (Wildman–Crippen MR) is 63.2 cm³/mol. The zero-order valence-electron chi connectivity index (χ0n) is 10.8. The van der Waals surface area contributed by atoms with Crippen LogP contribution in [-0.4, -0.2) is 30.6 Å². The van der Waals surface area contributed by atoms with Crippen LogP contribution >= 0.6 is 0 Å². The van der Waals surface area contributed by atoms with Crippen LogP contribution in [0.15, 0.2) is 0 Å². The third kappa shape index (κ3) is 5.94. The van der Waals surface area contributed by atoms with Gasteiger partial charge in [-0.1, -0.05) is 19.3 Å². The fourth-order valence-corrected chi connectivity index (χ4v) is 2.10. The van der Waals surface area contributed by atoms with Gasteiger partial charge in [0, 0.05) is 5.92 Å². The first-order valence-electron chi connectivity index (χ1n) is 6.44. The molecule has 0 aromatic carbocycles. The third-order valence-corrected chi connectivity index (χ3v) is 3.19. The molecule has 0 heterocycles. The molecule has 4 nitrogen and oxygen atoms in total. The van der Waals surface area contributed by atoms with Crippen molar-refractivity contribution < 1.29 is 22.8 Å². The molecule has 7 heteroatoms. The minimum Gasteiger partial charge on any atom is -0.345 e. The van der Waals surface area contributed by atoms with Crippen LogP contribution < -0.4 is 10.6 Å². The van der Waals surface area contributed by atoms with Gasteiger partial charge in [-0.2, -0.15) is 13.2 Å². The smallest absolute Gasteiger partial charge is 0.345 e. The molecule has 1 unspecified atom stereocenters. The Bertz CT molecular complexity index is 325. The van der Waals surface area contributed by atoms with Crippen molar-refractivity contribution in [3.05, 3.63) is 0 Å². The van der Waals surface area contributed by atoms with Crippen molar-refractivity contribution in [3.63, 3.8) is 0 Å². The number of amides is 2. The molecule has 1 atom stereocenters. The van der Waals surface area contributed by atoms with Crippen molar-refractivity contribution in [2.24, 2.45) is 5.92 Å². The number of hydrogen-bond donors (Lipinski definition) is 2. The van der Waals surface area contributed by atoms with Gasteiger partial charge in [-0.25, -0.2) is 0 Å². The maximum absolute atomic E-state index is 11.9. The lowest BCUT2D eigenvalue weighted by molar-refractivity contribution is -0.140. The second-order valence-electron chi connectivity index (χ2n) is 4.90. The minimum atomic E-state index is -4.44. The second-order valence-corrected chi connectivity index (χ2v) is 4.90. The van der Waals surface area contributed by atoms with Crippen molar-refractivity contribution in [2.75, 3.05) is 6.54 Å². The lowest BCUT2D eigenvalue weighted by Crippen LogP contribution is -2.48. The molecule has 1 fully saturated rings. The molecule has 110 valence electrons. The van der Waals surface area contributed by atoms with E-state index in [2.05, 4.69) is 5.32 Å². The number of alkyl halides is 3. The minimum absolute atomic E-state index is 0.119. The molecule has 0 saturated heterocycles. The fraction of sp³-hybridized carbons (Fsp3) is 0.833. The lowest BCUT2D eigenvalue weighted by Gasteiger charge is -2.23. The molecule has 0 bridgehead atoms. The van der Waals surface area contributed by atoms with Crippen molar-refractivity contribution >= 4 is 11.8 Å². The van der Waals surface area contributed by atoms with Crippen molar-refractivity contribution in [2.45, 2.75) is 51.2 Å². The third-order valence-electron chi connectivity index (χ3n) is 3.19. The highest BCUT2D eigenvalue weighted by Gasteiger charge is 2.29. The van der Waals surface area contributed by atoms with E-state index < -0.39 is 24.7 Å². The molecule has 1 saturated carbocycles. The summed E-state index contributed by atoms with van der Waals surface area (Å²) < 4.78 is 35.8. The fourth-order valence-electron chi connectivity index (χ4n) is 2.10. The second kappa shape index (κ2) is 6.77. The lowest BCUT2D eigenvalue weighted by atomic mass is 9.88. The maximum Gasteiger partial charge on any atom is 0.405 e. The topological polar surface area (TPSA) is 58.2 Å². The molecule has 0 spiro atoms. The van der Waals surface area contributed by atoms with Crippen LogP contribution in [0.1, 0.15) is 39.0 Å². The van der Waals surface area contributed by atoms with Gasteiger partial charge in [0.15, 0.2) is 0 Å². The Hall–Kier alpha value is -1.27. The van der Waals surface area contributed by atoms with Crippen LogP contribution in [-0.2, 0) is 9.59 Å². The molecule has 1 aliphatic carbocycles. The number of nitrogens with one attached hydrogen (secondary N) is 2. The van der Waals surface area contributed by atoms with Crippen LogP contribution in [0.25, 0.3) is 0 Å². The first-order chi connectivity index (χ1) is 8.79. The monoisotopic (exact) mass is 280 g/mol. The average molecular weight is 280 g/mol. The Morgan fingerprint density at radius 3 is 2.32 bits per heavy atom. The number of carbonyl (C=O) groups excluding carboxylic acids is 2. The van der Waals surface area contributed by atoms with E-state index in [0.717, 1.165) is 32.1 Å². The van der Waals surface area contributed by atoms with Crippen LogP contribution in [0.5, 0.6) is 0 Å². The van der Waals surface area contributed by atoms with Crippen molar-refractivity contribution in [1.82, 2.24) is 10.6 Å². The SMILES string of the molecule is CC(NC(=O)C1CCCCC1)C(=O)NCC(F)(F)F. The molecule has 0 aromatic rings. The molecule has 1 rings (SSSR count). The highest BCUT2D eigenvalue weighted by Crippen LogP contribution is 2.23. The zero-order valence-corrected chi connectivity index (χ0v) is 10.8. The number of hydrogen-bond acceptors (Lipinski definition) is 2. The highest BCUT2D eigenvalue weighted by atomic mass is 19.4. The van der Waals surface area contributed by atoms with Gasteiger partial charge in [0.25, 0.3) is 0 Å². The summed E-state index contributed by atoms with van der Waals surface area (Å²) >= 11 is 0. The Kier molecular flexibility index (Phi) is 5.62. The van der Waals surface area contributed by atoms with Gasteiger partial charge in [0.2, 0.25) is 11.8 Å². The van der Waals surface area contributed by atoms with Gasteiger partial charge in [-0.05, 0) is 19.8 Å². The molecule has 2 N–H and O–H groups in total. The van der Waals surface area contributed by atoms with Crippen LogP contribution in [0.4, 0.5) is 13.2 Å². The summed E-state index contributed by atoms with van der Waals surface area (Å²) in [4.78, 5) is 23.2. The van der Waals surface area contributed by atoms with Gasteiger partial charge >= 0.3 is 6.18 Å². The Balaban J connectivity index is 2.34. The molecule has 0 aromatic heterocycles. The molecular formula is C12H19F3N2O2. The first-order valence-corrected chi connectivity index (χ1v) is 6.44. The number of carbonyl (C=O) groups is 2. The van der Waals surface area contributed by atoms with Gasteiger partial charge < -0.3 is 10.6 Å². The predicted octanol–water partition coefficient (Wildman–Crippen LogP) is 1.75. The molecule has 2 amide bonds. The standard InChI is InChI=1S/C12H19F3N2O2/c1-8(10(18)16-7-12(13,14)15)17-11(19)9-5-3-2-4-6-9/h8-9H,2-7H2,1H3,(H,16,18)(H,17,19). The number of halogens is 3. The van der Waals surface area contributed by atoms with Crippen molar-refractivity contribution in [3.8, 4) is 0 Å². The zero-order chi connectivity index (χ0) is 14.5. The van der Waals surface area contributed by atoms with E-state index in [9.17, 15) is 22.8 Å². The summed E-state index contributed by atoms with van der Waals surface area (Å²) in [6.45, 7) is 0.00189. The average Bonchev–Trinajstić information content (AvgIpc) is 2.36. The normalized spacial score (nSPS) is 18.7. The van der Waals surface area contributed by atoms with Crippen LogP contribution in [0.2, 0.25) is 0 Å². The van der Waals surface area contributed by atoms with Gasteiger partial charge in [0.05, 0.1) is 0 Å². The van der Waals surface area contributed by atoms with Crippen LogP contribution in [0.3, 0.4) is 0 Å². The van der Waals surface area contributed by atoms with E-state index in [0.29, 0.717) is 0 Å². The quantitative estimate of drug-likeness (QED) is 0.824. The molecule has 19 heavy (non-hydrogen) atoms. The van der Waals surface area contributed by atoms with E-state index in [1.807, 2.05) is 0 Å². The summed E-state index contributed by atoms with van der Waals surface area (Å²) in [5.74, 6) is -1.18. The van der Waals surface area contributed by atoms with E-state index in [1.165, 1.54) is 6.92 Å². The summed E-state index contributed by atoms with van der Waals surface area (Å²) in [6.07, 6.45) is 0.180. The van der Waals surface area contributed by atoms with E-state index in [-0.39, 0.29) is 11.8 Å². The Morgan fingerprint density at radius 2 is 1.79 bits per heavy atom. The molecule has 1 aliphatic rings. The van der Waals surface area contributed by atoms with E-state index >= 15 is 0 Å². The molecular weight excluding hydrogens is 261 g/mol. The summed E-state index contributed by atoms with van der Waals surface area (Å²) in [7, 11) is 0. The largest absolute Gasteiger partial charge is 0.405 e. The maximum atomic E-state index is 11.9. The molecule has 0 aliphatic heterocycles. The van der Waals surface area contributed by atoms with Crippen molar-refractivity contribution in [1.29, 1.82) is 0 Å². The van der Waals surface area contributed by atoms with E-state index in [1.54, 1.807) is 5.32 Å². The summed E-state index contributed by atoms with van der Waals surface area (Å²) in [5.41, 5.74) is 0. The summed E-state index contributed by atoms with van der Waals surface area (Å²) in [5, 5.41) is 4.22. The van der Waals surface area contributed by atoms with Gasteiger partial charge in [-0.15, -0.1) is 0 Å². The summed E-state index contributed by atoms with van der Waals surface area (Å²) in [6, 6.07) is -0.947. The van der Waals surface area contributed by atoms with E-state index in [4.69, 9.17) is 0 Å². The molecule has 0 radical (unpaired) electrons. The Labute approximate surface area is 110 Å². The van der Waals surface area contributed by atoms with Crippen LogP contribution in [0, 0.1) is 5.92 Å². The van der Waals surface area contributed by atoms with Gasteiger partial charge in [-0.3, -0.25) is 9.59 Å².